The Morgan fingerprint density at radius 3 is 2.62 bits per heavy atom. The number of likely N-dealkylation sites (tertiary alicyclic amines) is 1. The molecule has 0 atom stereocenters. The van der Waals surface area contributed by atoms with Crippen LogP contribution < -0.4 is 0 Å². The minimum Gasteiger partial charge on any atom is -0.462 e. The Labute approximate surface area is 150 Å². The molecule has 1 aromatic rings. The Bertz CT molecular complexity index is 577. The molecule has 1 aromatic carbocycles. The van der Waals surface area contributed by atoms with Crippen molar-refractivity contribution in [2.24, 2.45) is 0 Å². The van der Waals surface area contributed by atoms with Gasteiger partial charge in [-0.15, -0.1) is 0 Å². The molecule has 1 aliphatic rings. The summed E-state index contributed by atoms with van der Waals surface area (Å²) in [6.07, 6.45) is 6.80. The summed E-state index contributed by atoms with van der Waals surface area (Å²) in [5, 5.41) is 0.818. The zero-order valence-corrected chi connectivity index (χ0v) is 15.6. The summed E-state index contributed by atoms with van der Waals surface area (Å²) in [7, 11) is 0. The lowest BCUT2D eigenvalue weighted by atomic mass is 10.0. The Morgan fingerprint density at radius 1 is 1.25 bits per heavy atom. The number of hydrogen-bond donors (Lipinski definition) is 0. The first-order valence-corrected chi connectivity index (χ1v) is 9.32. The molecule has 0 amide bonds. The zero-order valence-electron chi connectivity index (χ0n) is 14.9. The number of hydrogen-bond acceptors (Lipinski definition) is 2. The number of rotatable bonds is 7. The highest BCUT2D eigenvalue weighted by Crippen LogP contribution is 2.22. The molecule has 0 radical (unpaired) electrons. The maximum atomic E-state index is 12.0. The lowest BCUT2D eigenvalue weighted by molar-refractivity contribution is -0.920. The van der Waals surface area contributed by atoms with Gasteiger partial charge in [-0.3, -0.25) is 0 Å². The van der Waals surface area contributed by atoms with E-state index >= 15 is 0 Å². The number of allylic oxidation sites excluding steroid dienone is 1. The third kappa shape index (κ3) is 5.64. The number of esters is 1. The van der Waals surface area contributed by atoms with Crippen LogP contribution in [0.15, 0.2) is 35.9 Å². The third-order valence-electron chi connectivity index (χ3n) is 4.79. The molecular formula is C20H29ClNO2+. The molecule has 0 spiro atoms. The van der Waals surface area contributed by atoms with Gasteiger partial charge in [-0.05, 0) is 57.2 Å². The maximum Gasteiger partial charge on any atom is 0.361 e. The van der Waals surface area contributed by atoms with Gasteiger partial charge < -0.3 is 9.22 Å². The van der Waals surface area contributed by atoms with Gasteiger partial charge in [-0.2, -0.15) is 0 Å². The van der Waals surface area contributed by atoms with E-state index in [1.165, 1.54) is 24.8 Å². The second-order valence-corrected chi connectivity index (χ2v) is 7.22. The van der Waals surface area contributed by atoms with Crippen molar-refractivity contribution in [2.45, 2.75) is 39.5 Å². The van der Waals surface area contributed by atoms with Crippen molar-refractivity contribution in [3.63, 3.8) is 0 Å². The summed E-state index contributed by atoms with van der Waals surface area (Å²) in [4.78, 5) is 12.0. The molecule has 3 nitrogen and oxygen atoms in total. The van der Waals surface area contributed by atoms with E-state index in [1.807, 2.05) is 25.1 Å². The topological polar surface area (TPSA) is 26.3 Å². The fourth-order valence-electron chi connectivity index (χ4n) is 3.43. The molecule has 132 valence electrons. The highest BCUT2D eigenvalue weighted by molar-refractivity contribution is 6.31. The number of piperidine rings is 1. The Kier molecular flexibility index (Phi) is 7.32. The van der Waals surface area contributed by atoms with Gasteiger partial charge in [-0.25, -0.2) is 4.79 Å². The van der Waals surface area contributed by atoms with E-state index in [4.69, 9.17) is 16.3 Å². The number of ether oxygens (including phenoxy) is 1. The van der Waals surface area contributed by atoms with E-state index in [1.54, 1.807) is 0 Å². The maximum absolute atomic E-state index is 12.0. The Hall–Kier alpha value is -1.32. The molecule has 4 heteroatoms. The average Bonchev–Trinajstić information content (AvgIpc) is 2.56. The number of halogens is 1. The van der Waals surface area contributed by atoms with Crippen LogP contribution in [0.3, 0.4) is 0 Å². The lowest BCUT2D eigenvalue weighted by Crippen LogP contribution is -2.54. The molecular weight excluding hydrogens is 322 g/mol. The smallest absolute Gasteiger partial charge is 0.361 e. The highest BCUT2D eigenvalue weighted by Gasteiger charge is 2.32. The molecule has 0 unspecified atom stereocenters. The van der Waals surface area contributed by atoms with Crippen LogP contribution in [0.1, 0.15) is 38.7 Å². The van der Waals surface area contributed by atoms with Crippen molar-refractivity contribution in [3.8, 4) is 0 Å². The second kappa shape index (κ2) is 9.24. The first-order valence-electron chi connectivity index (χ1n) is 8.94. The number of quaternary nitrogens is 1. The van der Waals surface area contributed by atoms with Gasteiger partial charge in [0, 0.05) is 5.02 Å². The summed E-state index contributed by atoms with van der Waals surface area (Å²) in [5.41, 5.74) is 2.46. The van der Waals surface area contributed by atoms with Crippen LogP contribution in [0, 0.1) is 0 Å². The van der Waals surface area contributed by atoms with Crippen LogP contribution in [0.5, 0.6) is 0 Å². The number of benzene rings is 1. The minimum absolute atomic E-state index is 0.0726. The minimum atomic E-state index is -0.0726. The highest BCUT2D eigenvalue weighted by atomic mass is 35.5. The van der Waals surface area contributed by atoms with Crippen molar-refractivity contribution in [3.05, 3.63) is 46.5 Å². The van der Waals surface area contributed by atoms with Crippen molar-refractivity contribution in [2.75, 3.05) is 32.8 Å². The zero-order chi connectivity index (χ0) is 17.4. The number of carbonyl (C=O) groups excluding carboxylic acids is 1. The molecule has 1 saturated heterocycles. The van der Waals surface area contributed by atoms with E-state index in [0.29, 0.717) is 13.2 Å². The molecule has 2 rings (SSSR count). The van der Waals surface area contributed by atoms with E-state index in [0.717, 1.165) is 41.1 Å². The molecule has 1 heterocycles. The first-order chi connectivity index (χ1) is 11.5. The fourth-order valence-corrected chi connectivity index (χ4v) is 3.64. The van der Waals surface area contributed by atoms with Gasteiger partial charge in [0.05, 0.1) is 26.2 Å². The normalized spacial score (nSPS) is 17.5. The first kappa shape index (κ1) is 19.0. The average molecular weight is 351 g/mol. The molecule has 1 fully saturated rings. The van der Waals surface area contributed by atoms with Gasteiger partial charge in [0.15, 0.2) is 6.54 Å². The molecule has 1 aliphatic heterocycles. The largest absolute Gasteiger partial charge is 0.462 e. The van der Waals surface area contributed by atoms with Crippen molar-refractivity contribution < 1.29 is 14.0 Å². The standard InChI is InChI=1S/C20H29ClNO2/c1-3-24-20(23)16-22(12-7-4-8-13-22)14-11-17(2)15-18-9-5-6-10-19(18)21/h5-6,9-11H,3-4,7-8,12-16H2,1-2H3/q+1/b17-11-. The van der Waals surface area contributed by atoms with Gasteiger partial charge in [0.2, 0.25) is 0 Å². The summed E-state index contributed by atoms with van der Waals surface area (Å²) < 4.78 is 6.03. The SMILES string of the molecule is CCOC(=O)C[N+]1(C/C=C(/C)Cc2ccccc2Cl)CCCCC1. The van der Waals surface area contributed by atoms with E-state index in [2.05, 4.69) is 19.1 Å². The van der Waals surface area contributed by atoms with Gasteiger partial charge in [-0.1, -0.05) is 35.4 Å². The summed E-state index contributed by atoms with van der Waals surface area (Å²) in [6, 6.07) is 7.99. The van der Waals surface area contributed by atoms with Gasteiger partial charge >= 0.3 is 5.97 Å². The second-order valence-electron chi connectivity index (χ2n) is 6.81. The summed E-state index contributed by atoms with van der Waals surface area (Å²) in [5.74, 6) is -0.0726. The van der Waals surface area contributed by atoms with Crippen molar-refractivity contribution >= 4 is 17.6 Å². The van der Waals surface area contributed by atoms with Crippen LogP contribution in [-0.2, 0) is 16.0 Å². The summed E-state index contributed by atoms with van der Waals surface area (Å²) in [6.45, 7) is 7.99. The molecule has 0 N–H and O–H groups in total. The molecule has 0 aromatic heterocycles. The van der Waals surface area contributed by atoms with Crippen LogP contribution in [0.25, 0.3) is 0 Å². The Morgan fingerprint density at radius 2 is 1.96 bits per heavy atom. The van der Waals surface area contributed by atoms with Crippen LogP contribution in [-0.4, -0.2) is 43.2 Å². The Balaban J connectivity index is 2.03. The monoisotopic (exact) mass is 350 g/mol. The number of carbonyl (C=O) groups is 1. The van der Waals surface area contributed by atoms with Gasteiger partial charge in [0.1, 0.15) is 0 Å². The van der Waals surface area contributed by atoms with Crippen LogP contribution in [0.2, 0.25) is 5.02 Å². The van der Waals surface area contributed by atoms with Crippen LogP contribution >= 0.6 is 11.6 Å². The molecule has 0 bridgehead atoms. The molecule has 24 heavy (non-hydrogen) atoms. The van der Waals surface area contributed by atoms with E-state index in [9.17, 15) is 4.79 Å². The third-order valence-corrected chi connectivity index (χ3v) is 5.16. The predicted molar refractivity (Wildman–Crippen MR) is 99.1 cm³/mol. The van der Waals surface area contributed by atoms with Gasteiger partial charge in [0.25, 0.3) is 0 Å². The number of nitrogens with zero attached hydrogens (tertiary/aromatic N) is 1. The molecule has 0 aliphatic carbocycles. The van der Waals surface area contributed by atoms with Crippen molar-refractivity contribution in [1.29, 1.82) is 0 Å². The van der Waals surface area contributed by atoms with Crippen LogP contribution in [0.4, 0.5) is 0 Å². The molecule has 0 saturated carbocycles. The predicted octanol–water partition coefficient (Wildman–Crippen LogP) is 4.39. The fraction of sp³-hybridized carbons (Fsp3) is 0.550. The van der Waals surface area contributed by atoms with Crippen molar-refractivity contribution in [1.82, 2.24) is 0 Å². The summed E-state index contributed by atoms with van der Waals surface area (Å²) >= 11 is 6.26. The van der Waals surface area contributed by atoms with E-state index < -0.39 is 0 Å². The quantitative estimate of drug-likeness (QED) is 0.414. The lowest BCUT2D eigenvalue weighted by Gasteiger charge is -2.40. The van der Waals surface area contributed by atoms with E-state index in [-0.39, 0.29) is 5.97 Å².